The number of thioether (sulfide) groups is 1. The lowest BCUT2D eigenvalue weighted by Crippen LogP contribution is -2.18. The van der Waals surface area contributed by atoms with E-state index < -0.39 is 0 Å². The van der Waals surface area contributed by atoms with Gasteiger partial charge in [-0.2, -0.15) is 23.1 Å². The summed E-state index contributed by atoms with van der Waals surface area (Å²) < 4.78 is 0. The van der Waals surface area contributed by atoms with E-state index in [1.165, 1.54) is 29.9 Å². The van der Waals surface area contributed by atoms with Crippen molar-refractivity contribution in [3.8, 4) is 0 Å². The van der Waals surface area contributed by atoms with E-state index in [2.05, 4.69) is 28.6 Å². The molecule has 1 saturated heterocycles. The molecule has 3 heteroatoms. The normalized spacial score (nSPS) is 19.8. The lowest BCUT2D eigenvalue weighted by Gasteiger charge is -2.23. The Morgan fingerprint density at radius 3 is 2.88 bits per heavy atom. The Balaban J connectivity index is 1.65. The second-order valence-electron chi connectivity index (χ2n) is 4.62. The van der Waals surface area contributed by atoms with Crippen LogP contribution in [-0.4, -0.2) is 22.7 Å². The van der Waals surface area contributed by atoms with E-state index in [-0.39, 0.29) is 6.10 Å². The van der Waals surface area contributed by atoms with Crippen molar-refractivity contribution in [3.05, 3.63) is 22.4 Å². The third-order valence-corrected chi connectivity index (χ3v) is 5.07. The van der Waals surface area contributed by atoms with Crippen LogP contribution in [0.3, 0.4) is 0 Å². The number of rotatable bonds is 5. The molecule has 0 aliphatic carbocycles. The van der Waals surface area contributed by atoms with Crippen LogP contribution in [-0.2, 0) is 6.42 Å². The van der Waals surface area contributed by atoms with Crippen LogP contribution in [0.4, 0.5) is 0 Å². The van der Waals surface area contributed by atoms with Gasteiger partial charge in [0.2, 0.25) is 0 Å². The maximum Gasteiger partial charge on any atom is 0.0546 e. The van der Waals surface area contributed by atoms with Crippen LogP contribution in [0, 0.1) is 5.92 Å². The summed E-state index contributed by atoms with van der Waals surface area (Å²) in [5.41, 5.74) is 1.38. The van der Waals surface area contributed by atoms with E-state index in [1.807, 2.05) is 0 Å². The number of aryl methyl sites for hydroxylation is 1. The molecule has 90 valence electrons. The number of thiophene rings is 1. The molecule has 0 radical (unpaired) electrons. The number of aliphatic hydroxyl groups excluding tert-OH is 1. The lowest BCUT2D eigenvalue weighted by atomic mass is 9.93. The summed E-state index contributed by atoms with van der Waals surface area (Å²) in [7, 11) is 0. The first-order valence-electron chi connectivity index (χ1n) is 6.11. The average Bonchev–Trinajstić information content (AvgIpc) is 2.81. The Kier molecular flexibility index (Phi) is 5.20. The Hall–Kier alpha value is 0.01000. The summed E-state index contributed by atoms with van der Waals surface area (Å²) >= 11 is 3.80. The zero-order chi connectivity index (χ0) is 11.2. The van der Waals surface area contributed by atoms with Crippen molar-refractivity contribution in [2.45, 2.75) is 38.2 Å². The van der Waals surface area contributed by atoms with Crippen molar-refractivity contribution < 1.29 is 5.11 Å². The predicted octanol–water partition coefficient (Wildman–Crippen LogP) is 3.57. The fourth-order valence-electron chi connectivity index (χ4n) is 2.25. The fraction of sp³-hybridized carbons (Fsp3) is 0.692. The Morgan fingerprint density at radius 2 is 2.19 bits per heavy atom. The average molecular weight is 256 g/mol. The largest absolute Gasteiger partial charge is 0.393 e. The molecule has 0 spiro atoms. The smallest absolute Gasteiger partial charge is 0.0546 e. The Morgan fingerprint density at radius 1 is 1.38 bits per heavy atom. The van der Waals surface area contributed by atoms with Gasteiger partial charge in [0.15, 0.2) is 0 Å². The van der Waals surface area contributed by atoms with Crippen molar-refractivity contribution >= 4 is 23.1 Å². The lowest BCUT2D eigenvalue weighted by molar-refractivity contribution is 0.130. The van der Waals surface area contributed by atoms with Gasteiger partial charge in [0.05, 0.1) is 6.10 Å². The van der Waals surface area contributed by atoms with Gasteiger partial charge < -0.3 is 5.11 Å². The van der Waals surface area contributed by atoms with E-state index in [1.54, 1.807) is 11.3 Å². The minimum absolute atomic E-state index is 0.0898. The molecule has 1 unspecified atom stereocenters. The summed E-state index contributed by atoms with van der Waals surface area (Å²) in [6, 6.07) is 2.16. The minimum atomic E-state index is -0.0898. The highest BCUT2D eigenvalue weighted by molar-refractivity contribution is 7.99. The molecule has 2 rings (SSSR count). The zero-order valence-electron chi connectivity index (χ0n) is 9.60. The molecule has 0 aromatic carbocycles. The molecule has 1 aliphatic heterocycles. The SMILES string of the molecule is OC(CCc1ccsc1)CC1CCSCC1. The van der Waals surface area contributed by atoms with Gasteiger partial charge >= 0.3 is 0 Å². The second kappa shape index (κ2) is 6.67. The zero-order valence-corrected chi connectivity index (χ0v) is 11.2. The standard InChI is InChI=1S/C13H20OS2/c14-13(2-1-12-5-8-16-10-12)9-11-3-6-15-7-4-11/h5,8,10-11,13-14H,1-4,6-7,9H2. The molecular weight excluding hydrogens is 236 g/mol. The molecule has 16 heavy (non-hydrogen) atoms. The molecule has 1 atom stereocenters. The van der Waals surface area contributed by atoms with Gasteiger partial charge in [0, 0.05) is 0 Å². The van der Waals surface area contributed by atoms with Crippen molar-refractivity contribution in [1.29, 1.82) is 0 Å². The maximum atomic E-state index is 10.00. The Bertz CT molecular complexity index is 278. The summed E-state index contributed by atoms with van der Waals surface area (Å²) in [5.74, 6) is 3.36. The topological polar surface area (TPSA) is 20.2 Å². The first-order valence-corrected chi connectivity index (χ1v) is 8.21. The van der Waals surface area contributed by atoms with Crippen LogP contribution in [0.25, 0.3) is 0 Å². The first-order chi connectivity index (χ1) is 7.84. The van der Waals surface area contributed by atoms with Crippen molar-refractivity contribution in [2.24, 2.45) is 5.92 Å². The van der Waals surface area contributed by atoms with Gasteiger partial charge in [0.25, 0.3) is 0 Å². The van der Waals surface area contributed by atoms with Crippen LogP contribution >= 0.6 is 23.1 Å². The Labute approximate surface area is 106 Å². The molecule has 0 amide bonds. The molecule has 1 aliphatic rings. The van der Waals surface area contributed by atoms with Gasteiger partial charge in [-0.05, 0) is 71.9 Å². The van der Waals surface area contributed by atoms with E-state index in [9.17, 15) is 5.11 Å². The van der Waals surface area contributed by atoms with Gasteiger partial charge in [-0.15, -0.1) is 0 Å². The quantitative estimate of drug-likeness (QED) is 0.869. The summed E-state index contributed by atoms with van der Waals surface area (Å²) in [6.45, 7) is 0. The van der Waals surface area contributed by atoms with Crippen molar-refractivity contribution in [3.63, 3.8) is 0 Å². The molecular formula is C13H20OS2. The van der Waals surface area contributed by atoms with Gasteiger partial charge in [0.1, 0.15) is 0 Å². The molecule has 1 aromatic rings. The van der Waals surface area contributed by atoms with E-state index in [0.29, 0.717) is 0 Å². The fourth-order valence-corrected chi connectivity index (χ4v) is 4.16. The minimum Gasteiger partial charge on any atom is -0.393 e. The number of aliphatic hydroxyl groups is 1. The van der Waals surface area contributed by atoms with Gasteiger partial charge in [-0.1, -0.05) is 0 Å². The van der Waals surface area contributed by atoms with E-state index in [0.717, 1.165) is 25.2 Å². The maximum absolute atomic E-state index is 10.00. The van der Waals surface area contributed by atoms with Crippen LogP contribution in [0.15, 0.2) is 16.8 Å². The number of hydrogen-bond acceptors (Lipinski definition) is 3. The highest BCUT2D eigenvalue weighted by atomic mass is 32.2. The van der Waals surface area contributed by atoms with E-state index >= 15 is 0 Å². The first kappa shape index (κ1) is 12.5. The predicted molar refractivity (Wildman–Crippen MR) is 73.3 cm³/mol. The summed E-state index contributed by atoms with van der Waals surface area (Å²) in [6.07, 6.45) is 5.50. The monoisotopic (exact) mass is 256 g/mol. The third kappa shape index (κ3) is 4.11. The molecule has 1 N–H and O–H groups in total. The summed E-state index contributed by atoms with van der Waals surface area (Å²) in [4.78, 5) is 0. The van der Waals surface area contributed by atoms with Crippen LogP contribution in [0.1, 0.15) is 31.2 Å². The number of hydrogen-bond donors (Lipinski definition) is 1. The van der Waals surface area contributed by atoms with Crippen LogP contribution in [0.2, 0.25) is 0 Å². The van der Waals surface area contributed by atoms with Crippen molar-refractivity contribution in [1.82, 2.24) is 0 Å². The molecule has 1 fully saturated rings. The van der Waals surface area contributed by atoms with Crippen LogP contribution < -0.4 is 0 Å². The molecule has 0 bridgehead atoms. The van der Waals surface area contributed by atoms with Gasteiger partial charge in [-0.3, -0.25) is 0 Å². The van der Waals surface area contributed by atoms with E-state index in [4.69, 9.17) is 0 Å². The van der Waals surface area contributed by atoms with Gasteiger partial charge in [-0.25, -0.2) is 0 Å². The van der Waals surface area contributed by atoms with Crippen molar-refractivity contribution in [2.75, 3.05) is 11.5 Å². The highest BCUT2D eigenvalue weighted by Gasteiger charge is 2.17. The highest BCUT2D eigenvalue weighted by Crippen LogP contribution is 2.27. The molecule has 1 aromatic heterocycles. The molecule has 1 nitrogen and oxygen atoms in total. The second-order valence-corrected chi connectivity index (χ2v) is 6.62. The summed E-state index contributed by atoms with van der Waals surface area (Å²) in [5, 5.41) is 14.3. The molecule has 2 heterocycles. The molecule has 0 saturated carbocycles. The third-order valence-electron chi connectivity index (χ3n) is 3.29. The van der Waals surface area contributed by atoms with Crippen LogP contribution in [0.5, 0.6) is 0 Å².